The van der Waals surface area contributed by atoms with Gasteiger partial charge in [-0.25, -0.2) is 9.97 Å². The van der Waals surface area contributed by atoms with E-state index in [4.69, 9.17) is 4.98 Å². The van der Waals surface area contributed by atoms with E-state index in [1.54, 1.807) is 0 Å². The highest BCUT2D eigenvalue weighted by molar-refractivity contribution is 5.41. The molecule has 3 heterocycles. The number of aliphatic hydroxyl groups is 2. The minimum Gasteiger partial charge on any atom is -0.396 e. The van der Waals surface area contributed by atoms with Crippen molar-refractivity contribution in [1.29, 1.82) is 0 Å². The molecule has 6 nitrogen and oxygen atoms in total. The number of hydrogen-bond donors (Lipinski definition) is 2. The number of hydrogen-bond acceptors (Lipinski definition) is 6. The number of aromatic nitrogens is 2. The highest BCUT2D eigenvalue weighted by Gasteiger charge is 2.35. The van der Waals surface area contributed by atoms with Crippen molar-refractivity contribution in [3.63, 3.8) is 0 Å². The quantitative estimate of drug-likeness (QED) is 0.806. The Labute approximate surface area is 150 Å². The largest absolute Gasteiger partial charge is 0.396 e. The van der Waals surface area contributed by atoms with Crippen LogP contribution in [-0.4, -0.2) is 70.5 Å². The summed E-state index contributed by atoms with van der Waals surface area (Å²) in [4.78, 5) is 14.0. The van der Waals surface area contributed by atoms with Gasteiger partial charge in [0, 0.05) is 63.4 Å². The lowest BCUT2D eigenvalue weighted by molar-refractivity contribution is 0.0687. The van der Waals surface area contributed by atoms with Gasteiger partial charge in [0.15, 0.2) is 0 Å². The Morgan fingerprint density at radius 2 is 1.88 bits per heavy atom. The molecule has 2 fully saturated rings. The normalized spacial score (nSPS) is 25.7. The van der Waals surface area contributed by atoms with Crippen LogP contribution in [0.2, 0.25) is 0 Å². The zero-order valence-electron chi connectivity index (χ0n) is 15.6. The monoisotopic (exact) mass is 348 g/mol. The van der Waals surface area contributed by atoms with E-state index in [-0.39, 0.29) is 18.6 Å². The predicted molar refractivity (Wildman–Crippen MR) is 98.7 cm³/mol. The van der Waals surface area contributed by atoms with Gasteiger partial charge in [-0.1, -0.05) is 6.92 Å². The van der Waals surface area contributed by atoms with E-state index >= 15 is 0 Å². The molecular weight excluding hydrogens is 316 g/mol. The van der Waals surface area contributed by atoms with Crippen molar-refractivity contribution in [3.05, 3.63) is 17.6 Å². The molecule has 140 valence electrons. The van der Waals surface area contributed by atoms with Crippen LogP contribution in [0.4, 0.5) is 5.82 Å². The van der Waals surface area contributed by atoms with Gasteiger partial charge in [-0.3, -0.25) is 0 Å². The molecule has 2 saturated heterocycles. The number of aliphatic hydroxyl groups excluding tert-OH is 2. The van der Waals surface area contributed by atoms with Crippen LogP contribution in [0.1, 0.15) is 37.7 Å². The topological polar surface area (TPSA) is 72.7 Å². The smallest absolute Gasteiger partial charge is 0.132 e. The fourth-order valence-corrected chi connectivity index (χ4v) is 4.08. The van der Waals surface area contributed by atoms with Gasteiger partial charge < -0.3 is 20.0 Å². The van der Waals surface area contributed by atoms with Crippen molar-refractivity contribution in [2.24, 2.45) is 11.8 Å². The zero-order chi connectivity index (χ0) is 17.8. The molecule has 1 aromatic rings. The fraction of sp³-hybridized carbons (Fsp3) is 0.789. The minimum atomic E-state index is -0.133. The molecule has 2 aliphatic rings. The summed E-state index contributed by atoms with van der Waals surface area (Å²) in [7, 11) is 0. The Morgan fingerprint density at radius 1 is 1.16 bits per heavy atom. The number of rotatable bonds is 6. The summed E-state index contributed by atoms with van der Waals surface area (Å²) < 4.78 is 0. The third-order valence-electron chi connectivity index (χ3n) is 5.55. The summed E-state index contributed by atoms with van der Waals surface area (Å²) in [5.41, 5.74) is 1.02. The van der Waals surface area contributed by atoms with Crippen molar-refractivity contribution in [2.45, 2.75) is 45.6 Å². The van der Waals surface area contributed by atoms with Gasteiger partial charge in [0.2, 0.25) is 0 Å². The molecule has 0 bridgehead atoms. The highest BCUT2D eigenvalue weighted by atomic mass is 16.3. The third kappa shape index (κ3) is 4.68. The first-order valence-electron chi connectivity index (χ1n) is 9.69. The van der Waals surface area contributed by atoms with E-state index in [2.05, 4.69) is 27.8 Å². The summed E-state index contributed by atoms with van der Waals surface area (Å²) in [5, 5.41) is 19.5. The summed E-state index contributed by atoms with van der Waals surface area (Å²) >= 11 is 0. The number of likely N-dealkylation sites (tertiary alicyclic amines) is 1. The molecule has 2 aliphatic heterocycles. The van der Waals surface area contributed by atoms with Crippen molar-refractivity contribution in [3.8, 4) is 0 Å². The number of aryl methyl sites for hydroxylation is 2. The maximum atomic E-state index is 9.85. The summed E-state index contributed by atoms with van der Waals surface area (Å²) in [6.07, 6.45) is 3.56. The van der Waals surface area contributed by atoms with E-state index in [0.29, 0.717) is 5.92 Å². The van der Waals surface area contributed by atoms with Crippen LogP contribution in [0.15, 0.2) is 6.07 Å². The van der Waals surface area contributed by atoms with E-state index in [1.807, 2.05) is 6.92 Å². The lowest BCUT2D eigenvalue weighted by Crippen LogP contribution is -2.40. The molecule has 6 heteroatoms. The molecule has 3 rings (SSSR count). The van der Waals surface area contributed by atoms with E-state index < -0.39 is 0 Å². The Bertz CT molecular complexity index is 560. The molecular formula is C19H32N4O2. The Morgan fingerprint density at radius 3 is 2.56 bits per heavy atom. The van der Waals surface area contributed by atoms with E-state index in [9.17, 15) is 10.2 Å². The van der Waals surface area contributed by atoms with E-state index in [1.165, 1.54) is 0 Å². The maximum Gasteiger partial charge on any atom is 0.132 e. The second kappa shape index (κ2) is 8.43. The molecule has 0 amide bonds. The number of anilines is 1. The van der Waals surface area contributed by atoms with Gasteiger partial charge in [-0.2, -0.15) is 0 Å². The van der Waals surface area contributed by atoms with Crippen molar-refractivity contribution < 1.29 is 10.2 Å². The van der Waals surface area contributed by atoms with Crippen LogP contribution in [-0.2, 0) is 6.42 Å². The predicted octanol–water partition coefficient (Wildman–Crippen LogP) is 1.24. The molecule has 25 heavy (non-hydrogen) atoms. The lowest BCUT2D eigenvalue weighted by Gasteiger charge is -2.32. The van der Waals surface area contributed by atoms with Crippen molar-refractivity contribution in [2.75, 3.05) is 44.2 Å². The standard InChI is InChI=1S/C19H32N4O2/c1-3-4-18-20-14(2)9-19(21-18)23-11-15(16(12-23)13-24)10-22-7-5-17(25)6-8-22/h9,15-17,24-25H,3-8,10-13H2,1-2H3/t15-,16-/m0/s1. The van der Waals surface area contributed by atoms with Gasteiger partial charge in [-0.05, 0) is 32.1 Å². The average Bonchev–Trinajstić information content (AvgIpc) is 3.00. The van der Waals surface area contributed by atoms with E-state index in [0.717, 1.165) is 75.7 Å². The first kappa shape index (κ1) is 18.5. The van der Waals surface area contributed by atoms with Crippen LogP contribution >= 0.6 is 0 Å². The highest BCUT2D eigenvalue weighted by Crippen LogP contribution is 2.29. The second-order valence-corrected chi connectivity index (χ2v) is 7.67. The Kier molecular flexibility index (Phi) is 6.25. The molecule has 0 saturated carbocycles. The van der Waals surface area contributed by atoms with Crippen LogP contribution in [0.3, 0.4) is 0 Å². The van der Waals surface area contributed by atoms with Gasteiger partial charge in [0.05, 0.1) is 6.10 Å². The molecule has 0 unspecified atom stereocenters. The molecule has 0 aliphatic carbocycles. The molecule has 2 atom stereocenters. The number of nitrogens with zero attached hydrogens (tertiary/aromatic N) is 4. The maximum absolute atomic E-state index is 9.85. The average molecular weight is 348 g/mol. The molecule has 0 spiro atoms. The van der Waals surface area contributed by atoms with Crippen LogP contribution < -0.4 is 4.90 Å². The second-order valence-electron chi connectivity index (χ2n) is 7.67. The Balaban J connectivity index is 1.66. The number of piperidine rings is 1. The summed E-state index contributed by atoms with van der Waals surface area (Å²) in [6, 6.07) is 2.06. The first-order chi connectivity index (χ1) is 12.1. The Hall–Kier alpha value is -1.24. The summed E-state index contributed by atoms with van der Waals surface area (Å²) in [6.45, 7) is 9.12. The van der Waals surface area contributed by atoms with Crippen LogP contribution in [0, 0.1) is 18.8 Å². The third-order valence-corrected chi connectivity index (χ3v) is 5.55. The minimum absolute atomic E-state index is 0.133. The fourth-order valence-electron chi connectivity index (χ4n) is 4.08. The van der Waals surface area contributed by atoms with Gasteiger partial charge in [0.25, 0.3) is 0 Å². The lowest BCUT2D eigenvalue weighted by atomic mass is 9.95. The molecule has 1 aromatic heterocycles. The molecule has 2 N–H and O–H groups in total. The zero-order valence-corrected chi connectivity index (χ0v) is 15.6. The molecule has 0 aromatic carbocycles. The van der Waals surface area contributed by atoms with Crippen LogP contribution in [0.25, 0.3) is 0 Å². The van der Waals surface area contributed by atoms with Gasteiger partial charge in [-0.15, -0.1) is 0 Å². The van der Waals surface area contributed by atoms with Gasteiger partial charge in [0.1, 0.15) is 11.6 Å². The first-order valence-corrected chi connectivity index (χ1v) is 9.69. The van der Waals surface area contributed by atoms with Crippen molar-refractivity contribution in [1.82, 2.24) is 14.9 Å². The van der Waals surface area contributed by atoms with Crippen LogP contribution in [0.5, 0.6) is 0 Å². The summed E-state index contributed by atoms with van der Waals surface area (Å²) in [5.74, 6) is 2.67. The SMILES string of the molecule is CCCc1nc(C)cc(N2C[C@@H](CO)[C@@H](CN3CCC(O)CC3)C2)n1. The molecule has 0 radical (unpaired) electrons. The van der Waals surface area contributed by atoms with Crippen molar-refractivity contribution >= 4 is 5.82 Å². The van der Waals surface area contributed by atoms with Gasteiger partial charge >= 0.3 is 0 Å².